The first-order valence-electron chi connectivity index (χ1n) is 6.71. The summed E-state index contributed by atoms with van der Waals surface area (Å²) in [6.07, 6.45) is 4.81. The van der Waals surface area contributed by atoms with Crippen LogP contribution in [-0.2, 0) is 0 Å². The van der Waals surface area contributed by atoms with Gasteiger partial charge in [-0.15, -0.1) is 0 Å². The molecule has 0 atom stereocenters. The number of para-hydroxylation sites is 1. The van der Waals surface area contributed by atoms with Crippen LogP contribution in [-0.4, -0.2) is 25.6 Å². The molecule has 2 aromatic heterocycles. The summed E-state index contributed by atoms with van der Waals surface area (Å²) in [6.45, 7) is 1.88. The van der Waals surface area contributed by atoms with Gasteiger partial charge in [0.15, 0.2) is 0 Å². The van der Waals surface area contributed by atoms with Gasteiger partial charge in [0, 0.05) is 18.1 Å². The van der Waals surface area contributed by atoms with Crippen molar-refractivity contribution in [2.45, 2.75) is 6.92 Å². The molecule has 6 nitrogen and oxygen atoms in total. The minimum Gasteiger partial charge on any atom is -0.478 e. The van der Waals surface area contributed by atoms with E-state index in [2.05, 4.69) is 15.3 Å². The van der Waals surface area contributed by atoms with E-state index in [1.807, 2.05) is 48.0 Å². The van der Waals surface area contributed by atoms with Gasteiger partial charge in [0.05, 0.1) is 23.1 Å². The number of carboxylic acids is 1. The molecule has 6 heteroatoms. The van der Waals surface area contributed by atoms with E-state index >= 15 is 0 Å². The summed E-state index contributed by atoms with van der Waals surface area (Å²) < 4.78 is 1.87. The lowest BCUT2D eigenvalue weighted by Gasteiger charge is -2.11. The van der Waals surface area contributed by atoms with Crippen molar-refractivity contribution < 1.29 is 9.90 Å². The van der Waals surface area contributed by atoms with E-state index in [1.165, 1.54) is 18.5 Å². The van der Waals surface area contributed by atoms with Gasteiger partial charge in [-0.05, 0) is 25.1 Å². The molecule has 0 unspecified atom stereocenters. The zero-order valence-electron chi connectivity index (χ0n) is 11.9. The first kappa shape index (κ1) is 13.8. The van der Waals surface area contributed by atoms with Crippen LogP contribution in [0.25, 0.3) is 5.69 Å². The molecule has 3 rings (SSSR count). The molecule has 0 aliphatic heterocycles. The fourth-order valence-electron chi connectivity index (χ4n) is 2.17. The van der Waals surface area contributed by atoms with Gasteiger partial charge in [0.1, 0.15) is 0 Å². The predicted octanol–water partition coefficient (Wildman–Crippen LogP) is 3.02. The fraction of sp³-hybridized carbons (Fsp3) is 0.0625. The van der Waals surface area contributed by atoms with Gasteiger partial charge in [-0.2, -0.15) is 0 Å². The third kappa shape index (κ3) is 2.67. The molecule has 3 aromatic rings. The van der Waals surface area contributed by atoms with Crippen molar-refractivity contribution in [3.63, 3.8) is 0 Å². The van der Waals surface area contributed by atoms with Crippen LogP contribution in [0.15, 0.2) is 55.0 Å². The van der Waals surface area contributed by atoms with E-state index < -0.39 is 5.97 Å². The average Bonchev–Trinajstić information content (AvgIpc) is 2.89. The molecular weight excluding hydrogens is 280 g/mol. The Morgan fingerprint density at radius 1 is 1.23 bits per heavy atom. The second-order valence-corrected chi connectivity index (χ2v) is 4.76. The van der Waals surface area contributed by atoms with Gasteiger partial charge in [0.2, 0.25) is 5.95 Å². The molecule has 0 saturated carbocycles. The van der Waals surface area contributed by atoms with Gasteiger partial charge >= 0.3 is 5.97 Å². The van der Waals surface area contributed by atoms with Crippen LogP contribution in [0.3, 0.4) is 0 Å². The Kier molecular flexibility index (Phi) is 3.57. The van der Waals surface area contributed by atoms with Gasteiger partial charge in [0.25, 0.3) is 0 Å². The number of hydrogen-bond donors (Lipinski definition) is 2. The predicted molar refractivity (Wildman–Crippen MR) is 82.8 cm³/mol. The van der Waals surface area contributed by atoms with Crippen LogP contribution in [0, 0.1) is 6.92 Å². The normalized spacial score (nSPS) is 10.4. The van der Waals surface area contributed by atoms with Gasteiger partial charge in [-0.3, -0.25) is 9.55 Å². The molecule has 22 heavy (non-hydrogen) atoms. The molecule has 1 aromatic carbocycles. The largest absolute Gasteiger partial charge is 0.478 e. The highest BCUT2D eigenvalue weighted by atomic mass is 16.4. The molecule has 0 radical (unpaired) electrons. The van der Waals surface area contributed by atoms with Crippen molar-refractivity contribution in [3.8, 4) is 5.69 Å². The summed E-state index contributed by atoms with van der Waals surface area (Å²) in [5.74, 6) is -0.473. The Balaban J connectivity index is 2.03. The molecular formula is C16H14N4O2. The molecule has 0 saturated heterocycles. The number of carboxylic acid groups (broad SMARTS) is 1. The van der Waals surface area contributed by atoms with Crippen LogP contribution in [0.1, 0.15) is 16.1 Å². The summed E-state index contributed by atoms with van der Waals surface area (Å²) >= 11 is 0. The first-order chi connectivity index (χ1) is 10.6. The molecule has 0 bridgehead atoms. The number of benzene rings is 1. The quantitative estimate of drug-likeness (QED) is 0.773. The third-order valence-electron chi connectivity index (χ3n) is 3.16. The van der Waals surface area contributed by atoms with Gasteiger partial charge < -0.3 is 10.4 Å². The Morgan fingerprint density at radius 2 is 2.00 bits per heavy atom. The van der Waals surface area contributed by atoms with Crippen molar-refractivity contribution in [2.24, 2.45) is 0 Å². The molecule has 2 N–H and O–H groups in total. The number of aromatic carboxylic acids is 1. The van der Waals surface area contributed by atoms with E-state index in [1.54, 1.807) is 0 Å². The zero-order valence-corrected chi connectivity index (χ0v) is 11.9. The maximum atomic E-state index is 11.3. The molecule has 0 aliphatic carbocycles. The summed E-state index contributed by atoms with van der Waals surface area (Å²) in [6, 6.07) is 11.2. The lowest BCUT2D eigenvalue weighted by Crippen LogP contribution is -2.06. The highest BCUT2D eigenvalue weighted by Gasteiger charge is 2.13. The number of aromatic nitrogens is 3. The van der Waals surface area contributed by atoms with E-state index in [0.717, 1.165) is 11.4 Å². The highest BCUT2D eigenvalue weighted by Crippen LogP contribution is 2.22. The Bertz CT molecular complexity index is 812. The molecule has 0 fully saturated rings. The van der Waals surface area contributed by atoms with Crippen molar-refractivity contribution in [1.29, 1.82) is 0 Å². The maximum Gasteiger partial charge on any atom is 0.337 e. The molecule has 2 heterocycles. The van der Waals surface area contributed by atoms with Crippen molar-refractivity contribution in [1.82, 2.24) is 14.5 Å². The smallest absolute Gasteiger partial charge is 0.337 e. The molecule has 110 valence electrons. The van der Waals surface area contributed by atoms with Crippen molar-refractivity contribution >= 4 is 17.6 Å². The lowest BCUT2D eigenvalue weighted by atomic mass is 10.2. The minimum atomic E-state index is -1.01. The topological polar surface area (TPSA) is 80.0 Å². The average molecular weight is 294 g/mol. The monoisotopic (exact) mass is 294 g/mol. The standard InChI is InChI=1S/C16H14N4O2/c1-11-10-20(12-5-3-2-4-6-12)16(18-11)19-14-9-17-8-7-13(14)15(21)22/h2-10H,1H3,(H,18,19)(H,21,22). The number of anilines is 2. The Hall–Kier alpha value is -3.15. The number of nitrogens with one attached hydrogen (secondary N) is 1. The number of hydrogen-bond acceptors (Lipinski definition) is 4. The number of carbonyl (C=O) groups is 1. The second kappa shape index (κ2) is 5.69. The number of nitrogens with zero attached hydrogens (tertiary/aromatic N) is 3. The minimum absolute atomic E-state index is 0.148. The fourth-order valence-corrected chi connectivity index (χ4v) is 2.17. The molecule has 0 spiro atoms. The van der Waals surface area contributed by atoms with Crippen LogP contribution in [0.2, 0.25) is 0 Å². The Labute approximate surface area is 127 Å². The van der Waals surface area contributed by atoms with Crippen LogP contribution >= 0.6 is 0 Å². The maximum absolute atomic E-state index is 11.3. The highest BCUT2D eigenvalue weighted by molar-refractivity contribution is 5.94. The SMILES string of the molecule is Cc1cn(-c2ccccc2)c(Nc2cnccc2C(=O)O)n1. The number of rotatable bonds is 4. The van der Waals surface area contributed by atoms with Crippen molar-refractivity contribution in [3.05, 3.63) is 66.2 Å². The number of imidazole rings is 1. The van der Waals surface area contributed by atoms with Gasteiger partial charge in [-0.25, -0.2) is 9.78 Å². The lowest BCUT2D eigenvalue weighted by molar-refractivity contribution is 0.0698. The summed E-state index contributed by atoms with van der Waals surface area (Å²) in [5, 5.41) is 12.3. The number of pyridine rings is 1. The zero-order chi connectivity index (χ0) is 15.5. The van der Waals surface area contributed by atoms with Crippen LogP contribution in [0.5, 0.6) is 0 Å². The molecule has 0 aliphatic rings. The third-order valence-corrected chi connectivity index (χ3v) is 3.16. The summed E-state index contributed by atoms with van der Waals surface area (Å²) in [7, 11) is 0. The molecule has 0 amide bonds. The first-order valence-corrected chi connectivity index (χ1v) is 6.71. The van der Waals surface area contributed by atoms with Crippen LogP contribution in [0.4, 0.5) is 11.6 Å². The van der Waals surface area contributed by atoms with E-state index in [9.17, 15) is 9.90 Å². The summed E-state index contributed by atoms with van der Waals surface area (Å²) in [4.78, 5) is 19.7. The van der Waals surface area contributed by atoms with E-state index in [-0.39, 0.29) is 5.56 Å². The van der Waals surface area contributed by atoms with Gasteiger partial charge in [-0.1, -0.05) is 18.2 Å². The van der Waals surface area contributed by atoms with Crippen LogP contribution < -0.4 is 5.32 Å². The number of aryl methyl sites for hydroxylation is 1. The Morgan fingerprint density at radius 3 is 2.73 bits per heavy atom. The van der Waals surface area contributed by atoms with E-state index in [0.29, 0.717) is 11.6 Å². The van der Waals surface area contributed by atoms with E-state index in [4.69, 9.17) is 0 Å². The summed E-state index contributed by atoms with van der Waals surface area (Å²) in [5.41, 5.74) is 2.31. The van der Waals surface area contributed by atoms with Crippen molar-refractivity contribution in [2.75, 3.05) is 5.32 Å². The second-order valence-electron chi connectivity index (χ2n) is 4.76.